The van der Waals surface area contributed by atoms with Crippen LogP contribution in [0.2, 0.25) is 0 Å². The van der Waals surface area contributed by atoms with Gasteiger partial charge >= 0.3 is 6.09 Å². The minimum Gasteiger partial charge on any atom is -0.444 e. The van der Waals surface area contributed by atoms with Gasteiger partial charge in [0.15, 0.2) is 0 Å². The number of carbonyl (C=O) groups is 1. The van der Waals surface area contributed by atoms with Crippen molar-refractivity contribution in [1.29, 1.82) is 0 Å². The third kappa shape index (κ3) is 4.03. The molecule has 1 saturated heterocycles. The van der Waals surface area contributed by atoms with Gasteiger partial charge in [0.2, 0.25) is 0 Å². The first-order chi connectivity index (χ1) is 11.7. The van der Waals surface area contributed by atoms with E-state index in [2.05, 4.69) is 0 Å². The number of halogens is 1. The van der Waals surface area contributed by atoms with Gasteiger partial charge in [0.05, 0.1) is 25.3 Å². The van der Waals surface area contributed by atoms with Crippen molar-refractivity contribution in [2.24, 2.45) is 0 Å². The van der Waals surface area contributed by atoms with Crippen LogP contribution in [0.4, 0.5) is 9.18 Å². The fraction of sp³-hybridized carbons (Fsp3) is 0.550. The molecule has 1 aromatic rings. The smallest absolute Gasteiger partial charge is 0.411 e. The van der Waals surface area contributed by atoms with Gasteiger partial charge in [-0.15, -0.1) is 0 Å². The second kappa shape index (κ2) is 6.79. The number of amides is 1. The highest BCUT2D eigenvalue weighted by atomic mass is 19.1. The molecule has 0 radical (unpaired) electrons. The van der Waals surface area contributed by atoms with Crippen LogP contribution in [0.5, 0.6) is 0 Å². The lowest BCUT2D eigenvalue weighted by Gasteiger charge is -2.44. The molecule has 2 aliphatic heterocycles. The van der Waals surface area contributed by atoms with Gasteiger partial charge in [-0.3, -0.25) is 4.90 Å². The zero-order valence-corrected chi connectivity index (χ0v) is 15.3. The summed E-state index contributed by atoms with van der Waals surface area (Å²) in [5, 5.41) is 0. The summed E-state index contributed by atoms with van der Waals surface area (Å²) in [5.74, 6) is -0.139. The average Bonchev–Trinajstić information content (AvgIpc) is 2.49. The molecule has 2 atom stereocenters. The molecule has 5 heteroatoms. The number of benzene rings is 1. The van der Waals surface area contributed by atoms with E-state index in [-0.39, 0.29) is 24.0 Å². The normalized spacial score (nSPS) is 23.2. The van der Waals surface area contributed by atoms with Crippen molar-refractivity contribution in [3.63, 3.8) is 0 Å². The Hall–Kier alpha value is -1.88. The van der Waals surface area contributed by atoms with Crippen LogP contribution < -0.4 is 0 Å². The quantitative estimate of drug-likeness (QED) is 0.759. The lowest BCUT2D eigenvalue weighted by atomic mass is 9.90. The van der Waals surface area contributed by atoms with E-state index in [1.165, 1.54) is 0 Å². The molecular weight excluding hydrogens is 321 g/mol. The first kappa shape index (κ1) is 17.9. The molecule has 1 aromatic carbocycles. The Morgan fingerprint density at radius 2 is 2.12 bits per heavy atom. The van der Waals surface area contributed by atoms with Crippen molar-refractivity contribution in [2.75, 3.05) is 13.2 Å². The summed E-state index contributed by atoms with van der Waals surface area (Å²) < 4.78 is 25.5. The van der Waals surface area contributed by atoms with E-state index in [1.54, 1.807) is 17.9 Å². The van der Waals surface area contributed by atoms with Crippen molar-refractivity contribution >= 4 is 6.09 Å². The maximum absolute atomic E-state index is 14.3. The SMILES string of the molecule is Cc1cccc(CC2=CC3COCC(C2)N3C(=O)OC(C)(C)C)c1F. The molecule has 0 N–H and O–H groups in total. The Morgan fingerprint density at radius 1 is 1.36 bits per heavy atom. The number of hydrogen-bond acceptors (Lipinski definition) is 3. The third-order valence-corrected chi connectivity index (χ3v) is 4.57. The minimum absolute atomic E-state index is 0.0542. The van der Waals surface area contributed by atoms with E-state index in [4.69, 9.17) is 9.47 Å². The van der Waals surface area contributed by atoms with Crippen LogP contribution in [0.25, 0.3) is 0 Å². The van der Waals surface area contributed by atoms with Gasteiger partial charge in [0.1, 0.15) is 11.4 Å². The second-order valence-corrected chi connectivity index (χ2v) is 7.90. The van der Waals surface area contributed by atoms with Crippen LogP contribution in [-0.2, 0) is 15.9 Å². The number of morpholine rings is 1. The Balaban J connectivity index is 1.79. The molecule has 2 unspecified atom stereocenters. The molecule has 2 heterocycles. The number of aryl methyl sites for hydroxylation is 1. The summed E-state index contributed by atoms with van der Waals surface area (Å²) in [6.07, 6.45) is 3.00. The number of hydrogen-bond donors (Lipinski definition) is 0. The molecule has 4 nitrogen and oxygen atoms in total. The Labute approximate surface area is 148 Å². The Morgan fingerprint density at radius 3 is 2.80 bits per heavy atom. The monoisotopic (exact) mass is 347 g/mol. The summed E-state index contributed by atoms with van der Waals surface area (Å²) >= 11 is 0. The number of rotatable bonds is 2. The summed E-state index contributed by atoms with van der Waals surface area (Å²) in [7, 11) is 0. The molecule has 0 aromatic heterocycles. The molecule has 1 amide bonds. The number of carbonyl (C=O) groups excluding carboxylic acids is 1. The molecular formula is C20H26FNO3. The Kier molecular flexibility index (Phi) is 4.87. The fourth-order valence-corrected chi connectivity index (χ4v) is 3.50. The number of fused-ring (bicyclic) bond motifs is 2. The molecule has 0 aliphatic carbocycles. The van der Waals surface area contributed by atoms with Crippen molar-refractivity contribution in [3.05, 3.63) is 46.8 Å². The van der Waals surface area contributed by atoms with Crippen LogP contribution in [0.1, 0.15) is 38.3 Å². The van der Waals surface area contributed by atoms with Crippen molar-refractivity contribution < 1.29 is 18.7 Å². The van der Waals surface area contributed by atoms with Crippen LogP contribution in [0, 0.1) is 12.7 Å². The molecule has 25 heavy (non-hydrogen) atoms. The average molecular weight is 347 g/mol. The highest BCUT2D eigenvalue weighted by Crippen LogP contribution is 2.31. The van der Waals surface area contributed by atoms with E-state index in [1.807, 2.05) is 39.0 Å². The number of ether oxygens (including phenoxy) is 2. The molecule has 2 bridgehead atoms. The van der Waals surface area contributed by atoms with Gasteiger partial charge in [-0.05, 0) is 51.7 Å². The van der Waals surface area contributed by atoms with E-state index in [0.717, 1.165) is 5.57 Å². The van der Waals surface area contributed by atoms with E-state index in [0.29, 0.717) is 37.2 Å². The van der Waals surface area contributed by atoms with Gasteiger partial charge in [-0.25, -0.2) is 9.18 Å². The summed E-state index contributed by atoms with van der Waals surface area (Å²) in [6, 6.07) is 5.29. The van der Waals surface area contributed by atoms with Gasteiger partial charge in [-0.2, -0.15) is 0 Å². The first-order valence-electron chi connectivity index (χ1n) is 8.77. The zero-order valence-electron chi connectivity index (χ0n) is 15.3. The largest absolute Gasteiger partial charge is 0.444 e. The van der Waals surface area contributed by atoms with E-state index in [9.17, 15) is 9.18 Å². The molecule has 0 saturated carbocycles. The maximum atomic E-state index is 14.3. The topological polar surface area (TPSA) is 38.8 Å². The molecule has 136 valence electrons. The van der Waals surface area contributed by atoms with Gasteiger partial charge in [0.25, 0.3) is 0 Å². The molecule has 2 aliphatic rings. The Bertz CT molecular complexity index is 693. The van der Waals surface area contributed by atoms with Crippen molar-refractivity contribution in [2.45, 2.75) is 58.2 Å². The predicted octanol–water partition coefficient (Wildman–Crippen LogP) is 4.01. The highest BCUT2D eigenvalue weighted by molar-refractivity contribution is 5.70. The summed E-state index contributed by atoms with van der Waals surface area (Å²) in [5.41, 5.74) is 1.99. The van der Waals surface area contributed by atoms with Crippen LogP contribution in [0.3, 0.4) is 0 Å². The van der Waals surface area contributed by atoms with E-state index < -0.39 is 5.60 Å². The predicted molar refractivity (Wildman–Crippen MR) is 94.0 cm³/mol. The lowest BCUT2D eigenvalue weighted by Crippen LogP contribution is -2.57. The van der Waals surface area contributed by atoms with E-state index >= 15 is 0 Å². The standard InChI is InChI=1S/C20H26FNO3/c1-13-6-5-7-15(18(13)21)8-14-9-16-11-24-12-17(10-14)22(16)19(23)25-20(2,3)4/h5-7,9,16-17H,8,10-12H2,1-4H3. The second-order valence-electron chi connectivity index (χ2n) is 7.90. The van der Waals surface area contributed by atoms with Crippen molar-refractivity contribution in [1.82, 2.24) is 4.90 Å². The molecule has 1 fully saturated rings. The lowest BCUT2D eigenvalue weighted by molar-refractivity contribution is -0.0536. The van der Waals surface area contributed by atoms with Crippen LogP contribution in [-0.4, -0.2) is 41.9 Å². The molecule has 0 spiro atoms. The minimum atomic E-state index is -0.527. The maximum Gasteiger partial charge on any atom is 0.411 e. The fourth-order valence-electron chi connectivity index (χ4n) is 3.50. The van der Waals surface area contributed by atoms with Crippen LogP contribution in [0.15, 0.2) is 29.8 Å². The summed E-state index contributed by atoms with van der Waals surface area (Å²) in [6.45, 7) is 8.31. The highest BCUT2D eigenvalue weighted by Gasteiger charge is 2.39. The first-order valence-corrected chi connectivity index (χ1v) is 8.77. The zero-order chi connectivity index (χ0) is 18.2. The molecule has 3 rings (SSSR count). The van der Waals surface area contributed by atoms with Gasteiger partial charge in [-0.1, -0.05) is 29.8 Å². The van der Waals surface area contributed by atoms with Gasteiger partial charge in [0, 0.05) is 0 Å². The number of nitrogens with zero attached hydrogens (tertiary/aromatic N) is 1. The summed E-state index contributed by atoms with van der Waals surface area (Å²) in [4.78, 5) is 14.3. The van der Waals surface area contributed by atoms with Crippen molar-refractivity contribution in [3.8, 4) is 0 Å². The third-order valence-electron chi connectivity index (χ3n) is 4.57. The van der Waals surface area contributed by atoms with Crippen LogP contribution >= 0.6 is 0 Å². The van der Waals surface area contributed by atoms with Gasteiger partial charge < -0.3 is 9.47 Å².